The average molecular weight is 1350 g/mol. The van der Waals surface area contributed by atoms with Crippen molar-refractivity contribution in [3.05, 3.63) is 429 Å². The van der Waals surface area contributed by atoms with Gasteiger partial charge < -0.3 is 19.6 Å². The summed E-state index contributed by atoms with van der Waals surface area (Å²) in [5.74, 6) is 0. The number of fused-ring (bicyclic) bond motifs is 6. The third-order valence-corrected chi connectivity index (χ3v) is 20.2. The van der Waals surface area contributed by atoms with Gasteiger partial charge in [-0.15, -0.1) is 0 Å². The molecule has 12 heteroatoms. The van der Waals surface area contributed by atoms with Gasteiger partial charge in [0, 0.05) is 68.2 Å². The lowest BCUT2D eigenvalue weighted by Crippen LogP contribution is -2.50. The Labute approximate surface area is 614 Å². The summed E-state index contributed by atoms with van der Waals surface area (Å²) in [6.07, 6.45) is 0. The van der Waals surface area contributed by atoms with Crippen LogP contribution in [0.4, 0.5) is 91.0 Å². The monoisotopic (exact) mass is 1350 g/mol. The number of anilines is 12. The van der Waals surface area contributed by atoms with Gasteiger partial charge in [0.1, 0.15) is 0 Å². The third kappa shape index (κ3) is 10.8. The number of benzene rings is 14. The smallest absolute Gasteiger partial charge is 0.187 e. The molecule has 0 N–H and O–H groups in total. The molecule has 14 aromatic rings. The summed E-state index contributed by atoms with van der Waals surface area (Å²) < 4.78 is 0. The molecule has 14 aromatic carbocycles. The Balaban J connectivity index is 1.10. The Morgan fingerprint density at radius 1 is 0.217 bits per heavy atom. The fraction of sp³-hybridized carbons (Fsp3) is 0.0213. The van der Waals surface area contributed by atoms with Crippen molar-refractivity contribution in [2.24, 2.45) is 0 Å². The number of hydrogen-bond donors (Lipinski definition) is 0. The number of nitriles is 4. The van der Waals surface area contributed by atoms with Crippen LogP contribution in [0.25, 0.3) is 41.6 Å². The van der Waals surface area contributed by atoms with Crippen LogP contribution in [0.5, 0.6) is 0 Å². The van der Waals surface area contributed by atoms with E-state index in [9.17, 15) is 21.0 Å². The van der Waals surface area contributed by atoms with E-state index in [-0.39, 0.29) is 0 Å². The fourth-order valence-corrected chi connectivity index (χ4v) is 15.6. The summed E-state index contributed by atoms with van der Waals surface area (Å²) in [5, 5.41) is 41.0. The van der Waals surface area contributed by atoms with Gasteiger partial charge in [-0.1, -0.05) is 133 Å². The molecular formula is C94H54N12. The molecule has 0 aromatic heterocycles. The molecule has 0 saturated carbocycles. The molecule has 490 valence electrons. The number of hydrogen-bond acceptors (Lipinski definition) is 8. The van der Waals surface area contributed by atoms with E-state index in [0.717, 1.165) is 124 Å². The van der Waals surface area contributed by atoms with E-state index in [1.54, 1.807) is 0 Å². The van der Waals surface area contributed by atoms with E-state index < -0.39 is 10.8 Å². The zero-order valence-electron chi connectivity index (χ0n) is 56.5. The second kappa shape index (κ2) is 27.0. The largest absolute Gasteiger partial charge is 0.311 e. The van der Waals surface area contributed by atoms with Crippen molar-refractivity contribution in [3.63, 3.8) is 0 Å². The van der Waals surface area contributed by atoms with Gasteiger partial charge in [-0.3, -0.25) is 0 Å². The van der Waals surface area contributed by atoms with Crippen molar-refractivity contribution in [1.29, 1.82) is 21.0 Å². The third-order valence-electron chi connectivity index (χ3n) is 20.2. The molecule has 106 heavy (non-hydrogen) atoms. The van der Waals surface area contributed by atoms with E-state index >= 15 is 0 Å². The lowest BCUT2D eigenvalue weighted by Gasteiger charge is -2.51. The molecule has 0 bridgehead atoms. The molecule has 0 amide bonds. The average Bonchev–Trinajstić information content (AvgIpc) is 1.48. The van der Waals surface area contributed by atoms with Crippen LogP contribution in [0.1, 0.15) is 55.6 Å². The molecule has 0 heterocycles. The molecule has 0 radical (unpaired) electrons. The lowest BCUT2D eigenvalue weighted by molar-refractivity contribution is 0.437. The van der Waals surface area contributed by atoms with Crippen LogP contribution < -0.4 is 19.6 Å². The Morgan fingerprint density at radius 2 is 0.396 bits per heavy atom. The second-order valence-electron chi connectivity index (χ2n) is 25.6. The van der Waals surface area contributed by atoms with E-state index in [4.69, 9.17) is 26.3 Å². The summed E-state index contributed by atoms with van der Waals surface area (Å²) in [4.78, 5) is 23.9. The highest BCUT2D eigenvalue weighted by Crippen LogP contribution is 2.71. The van der Waals surface area contributed by atoms with Crippen LogP contribution in [0.15, 0.2) is 328 Å². The Morgan fingerprint density at radius 3 is 0.575 bits per heavy atom. The molecule has 2 aliphatic rings. The molecule has 2 aliphatic carbocycles. The number of nitrogens with zero attached hydrogens (tertiary/aromatic N) is 12. The molecule has 12 nitrogen and oxygen atoms in total. The van der Waals surface area contributed by atoms with Crippen molar-refractivity contribution in [2.45, 2.75) is 10.8 Å². The highest BCUT2D eigenvalue weighted by molar-refractivity contribution is 5.98. The van der Waals surface area contributed by atoms with Gasteiger partial charge in [-0.05, 0) is 250 Å². The van der Waals surface area contributed by atoms with Crippen molar-refractivity contribution in [2.75, 3.05) is 19.6 Å². The van der Waals surface area contributed by atoms with Gasteiger partial charge in [-0.2, -0.15) is 21.0 Å². The van der Waals surface area contributed by atoms with Gasteiger partial charge >= 0.3 is 0 Å². The molecule has 0 unspecified atom stereocenters. The van der Waals surface area contributed by atoms with Crippen LogP contribution in [-0.2, 0) is 10.8 Å². The summed E-state index contributed by atoms with van der Waals surface area (Å²) in [7, 11) is 0. The van der Waals surface area contributed by atoms with Crippen molar-refractivity contribution < 1.29 is 0 Å². The molecule has 0 spiro atoms. The van der Waals surface area contributed by atoms with E-state index in [2.05, 4.69) is 185 Å². The van der Waals surface area contributed by atoms with Crippen molar-refractivity contribution in [3.8, 4) is 46.5 Å². The molecule has 16 rings (SSSR count). The predicted molar refractivity (Wildman–Crippen MR) is 419 cm³/mol. The highest BCUT2D eigenvalue weighted by Gasteiger charge is 2.65. The minimum Gasteiger partial charge on any atom is -0.311 e. The van der Waals surface area contributed by atoms with Crippen molar-refractivity contribution in [1.82, 2.24) is 0 Å². The Kier molecular flexibility index (Phi) is 16.5. The SMILES string of the molecule is [C-]#[N+]c1ccc(N(c2ccc(C#N)cc2)c2ccc3c(c2)C(c2ccccc2)(C2(c4ccccc4)c4cc(N(c5ccc(C#N)cc5)c5ccc([N+]#[C-])cc5)ccc4-c4ccc(N(c5ccc(C#N)cc5)c5ccc([N+]#[C-])cc5)cc42)c2cc(N(c4ccc(C#N)cc4)c4ccc([N+]#[C-])cc4)ccc2-3)cc1. The second-order valence-corrected chi connectivity index (χ2v) is 25.6. The first kappa shape index (κ1) is 64.8. The van der Waals surface area contributed by atoms with E-state index in [1.165, 1.54) is 0 Å². The lowest BCUT2D eigenvalue weighted by atomic mass is 9.49. The topological polar surface area (TPSA) is 126 Å². The first-order chi connectivity index (χ1) is 52.1. The van der Waals surface area contributed by atoms with Crippen LogP contribution in [-0.4, -0.2) is 0 Å². The summed E-state index contributed by atoms with van der Waals surface area (Å²) in [6, 6.07) is 118. The predicted octanol–water partition coefficient (Wildman–Crippen LogP) is 24.6. The number of rotatable bonds is 15. The maximum Gasteiger partial charge on any atom is 0.187 e. The molecule has 0 aliphatic heterocycles. The quantitative estimate of drug-likeness (QED) is 0.0929. The maximum absolute atomic E-state index is 10.2. The van der Waals surface area contributed by atoms with Crippen LogP contribution >= 0.6 is 0 Å². The highest BCUT2D eigenvalue weighted by atomic mass is 15.2. The van der Waals surface area contributed by atoms with Crippen molar-refractivity contribution >= 4 is 91.0 Å². The molecule has 0 atom stereocenters. The van der Waals surface area contributed by atoms with Crippen LogP contribution in [0.2, 0.25) is 0 Å². The standard InChI is InChI=1S/C94H54N12/c1-99-69-23-39-77(40-24-69)103(73-31-15-63(59-95)16-32-73)81-47-51-85-86-52-48-82(104(74-33-17-64(60-96)18-34-74)78-41-25-70(100-2)26-42-78)56-90(86)93(89(85)55-81,67-11-7-5-8-12-67)94(68-13-9-6-10-14-68)91-57-83(105(75-35-19-65(61-97)20-36-75)79-43-27-71(101-3)28-44-79)49-53-87(91)88-54-50-84(58-92(88)94)106(76-37-21-66(62-98)22-38-76)80-45-29-72(102-4)30-46-80/h5-58H. The minimum atomic E-state index is -1.38. The summed E-state index contributed by atoms with van der Waals surface area (Å²) in [5.41, 5.74) is 19.7. The Hall–Kier alpha value is -15.8. The van der Waals surface area contributed by atoms with Gasteiger partial charge in [0.2, 0.25) is 0 Å². The van der Waals surface area contributed by atoms with Crippen LogP contribution in [0.3, 0.4) is 0 Å². The summed E-state index contributed by atoms with van der Waals surface area (Å²) >= 11 is 0. The summed E-state index contributed by atoms with van der Waals surface area (Å²) in [6.45, 7) is 32.1. The molecule has 0 fully saturated rings. The zero-order chi connectivity index (χ0) is 72.5. The van der Waals surface area contributed by atoms with Crippen LogP contribution in [0, 0.1) is 71.6 Å². The van der Waals surface area contributed by atoms with E-state index in [0.29, 0.717) is 45.0 Å². The first-order valence-corrected chi connectivity index (χ1v) is 34.0. The Bertz CT molecular complexity index is 5190. The minimum absolute atomic E-state index is 0.475. The van der Waals surface area contributed by atoms with Gasteiger partial charge in [0.05, 0.1) is 83.6 Å². The molecule has 0 saturated heterocycles. The fourth-order valence-electron chi connectivity index (χ4n) is 15.6. The van der Waals surface area contributed by atoms with Gasteiger partial charge in [0.25, 0.3) is 0 Å². The maximum atomic E-state index is 10.2. The van der Waals surface area contributed by atoms with E-state index in [1.807, 2.05) is 206 Å². The zero-order valence-corrected chi connectivity index (χ0v) is 56.5. The first-order valence-electron chi connectivity index (χ1n) is 34.0. The van der Waals surface area contributed by atoms with Gasteiger partial charge in [0.15, 0.2) is 22.7 Å². The molecular weight excluding hydrogens is 1300 g/mol. The normalized spacial score (nSPS) is 12.0. The van der Waals surface area contributed by atoms with Gasteiger partial charge in [-0.25, -0.2) is 19.4 Å².